The van der Waals surface area contributed by atoms with Gasteiger partial charge >= 0.3 is 0 Å². The topological polar surface area (TPSA) is 37.8 Å². The maximum absolute atomic E-state index is 5.01. The van der Waals surface area contributed by atoms with Crippen molar-refractivity contribution in [2.24, 2.45) is 17.8 Å². The first-order valence-electron chi connectivity index (χ1n) is 8.77. The molecule has 5 rings (SSSR count). The summed E-state index contributed by atoms with van der Waals surface area (Å²) in [5, 5.41) is 3.25. The van der Waals surface area contributed by atoms with Crippen LogP contribution >= 0.6 is 0 Å². The molecule has 4 aliphatic carbocycles. The van der Waals surface area contributed by atoms with Crippen molar-refractivity contribution in [2.45, 2.75) is 63.7 Å². The van der Waals surface area contributed by atoms with Crippen LogP contribution in [0.4, 0.5) is 5.82 Å². The van der Waals surface area contributed by atoms with Crippen LogP contribution in [-0.4, -0.2) is 17.0 Å². The Labute approximate surface area is 128 Å². The first-order chi connectivity index (χ1) is 10.2. The summed E-state index contributed by atoms with van der Waals surface area (Å²) < 4.78 is 0. The molecule has 4 saturated carbocycles. The van der Waals surface area contributed by atoms with Crippen molar-refractivity contribution >= 4 is 5.82 Å². The number of aromatic nitrogens is 2. The van der Waals surface area contributed by atoms with Gasteiger partial charge in [-0.2, -0.15) is 0 Å². The standard InChI is InChI=1S/C18H27N3/c1-3-4-15-8-16(19-2)21-17(20-15)18-9-12-5-13(10-18)7-14(6-12)11-18/h8,12-14H,3-7,9-11H2,1-2H3,(H,19,20,21). The number of nitrogens with one attached hydrogen (secondary N) is 1. The van der Waals surface area contributed by atoms with E-state index in [1.54, 1.807) is 0 Å². The van der Waals surface area contributed by atoms with Gasteiger partial charge in [0, 0.05) is 24.2 Å². The fraction of sp³-hybridized carbons (Fsp3) is 0.778. The first kappa shape index (κ1) is 13.5. The summed E-state index contributed by atoms with van der Waals surface area (Å²) in [6, 6.07) is 2.13. The Morgan fingerprint density at radius 3 is 2.24 bits per heavy atom. The van der Waals surface area contributed by atoms with Crippen molar-refractivity contribution in [3.63, 3.8) is 0 Å². The van der Waals surface area contributed by atoms with Crippen LogP contribution in [0.15, 0.2) is 6.07 Å². The third-order valence-corrected chi connectivity index (χ3v) is 6.05. The van der Waals surface area contributed by atoms with Crippen LogP contribution in [0.3, 0.4) is 0 Å². The Hall–Kier alpha value is -1.12. The molecular weight excluding hydrogens is 258 g/mol. The second-order valence-corrected chi connectivity index (χ2v) is 7.77. The van der Waals surface area contributed by atoms with Crippen LogP contribution in [0, 0.1) is 17.8 Å². The maximum Gasteiger partial charge on any atom is 0.137 e. The van der Waals surface area contributed by atoms with E-state index in [9.17, 15) is 0 Å². The monoisotopic (exact) mass is 285 g/mol. The Kier molecular flexibility index (Phi) is 3.20. The average molecular weight is 285 g/mol. The van der Waals surface area contributed by atoms with E-state index < -0.39 is 0 Å². The van der Waals surface area contributed by atoms with Crippen LogP contribution in [0.2, 0.25) is 0 Å². The van der Waals surface area contributed by atoms with E-state index in [1.807, 2.05) is 7.05 Å². The Morgan fingerprint density at radius 1 is 1.10 bits per heavy atom. The molecule has 0 spiro atoms. The van der Waals surface area contributed by atoms with Crippen LogP contribution in [0.1, 0.15) is 63.4 Å². The second kappa shape index (κ2) is 4.96. The number of rotatable bonds is 4. The predicted octanol–water partition coefficient (Wildman–Crippen LogP) is 3.94. The molecule has 4 bridgehead atoms. The van der Waals surface area contributed by atoms with E-state index in [2.05, 4.69) is 18.3 Å². The molecule has 21 heavy (non-hydrogen) atoms. The molecular formula is C18H27N3. The van der Waals surface area contributed by atoms with Gasteiger partial charge in [0.2, 0.25) is 0 Å². The summed E-state index contributed by atoms with van der Waals surface area (Å²) in [6.45, 7) is 2.23. The summed E-state index contributed by atoms with van der Waals surface area (Å²) in [4.78, 5) is 9.91. The second-order valence-electron chi connectivity index (χ2n) is 7.77. The van der Waals surface area contributed by atoms with Crippen molar-refractivity contribution < 1.29 is 0 Å². The number of anilines is 1. The molecule has 0 unspecified atom stereocenters. The van der Waals surface area contributed by atoms with Crippen LogP contribution in [0.5, 0.6) is 0 Å². The third-order valence-electron chi connectivity index (χ3n) is 6.05. The summed E-state index contributed by atoms with van der Waals surface area (Å²) >= 11 is 0. The summed E-state index contributed by atoms with van der Waals surface area (Å²) in [5.41, 5.74) is 1.53. The highest BCUT2D eigenvalue weighted by atomic mass is 15.0. The molecule has 3 heteroatoms. The van der Waals surface area contributed by atoms with Gasteiger partial charge in [-0.15, -0.1) is 0 Å². The molecule has 4 aliphatic rings. The van der Waals surface area contributed by atoms with Gasteiger partial charge in [-0.05, 0) is 62.7 Å². The lowest BCUT2D eigenvalue weighted by Crippen LogP contribution is -2.49. The Morgan fingerprint density at radius 2 is 1.71 bits per heavy atom. The van der Waals surface area contributed by atoms with Gasteiger partial charge in [-0.3, -0.25) is 0 Å². The van der Waals surface area contributed by atoms with Crippen molar-refractivity contribution in [2.75, 3.05) is 12.4 Å². The van der Waals surface area contributed by atoms with Gasteiger partial charge in [-0.25, -0.2) is 9.97 Å². The van der Waals surface area contributed by atoms with Crippen molar-refractivity contribution in [1.82, 2.24) is 9.97 Å². The minimum absolute atomic E-state index is 0.310. The van der Waals surface area contributed by atoms with Crippen molar-refractivity contribution in [3.8, 4) is 0 Å². The van der Waals surface area contributed by atoms with Crippen molar-refractivity contribution in [1.29, 1.82) is 0 Å². The van der Waals surface area contributed by atoms with E-state index in [1.165, 1.54) is 44.2 Å². The Balaban J connectivity index is 1.73. The smallest absolute Gasteiger partial charge is 0.137 e. The number of nitrogens with zero attached hydrogens (tertiary/aromatic N) is 2. The van der Waals surface area contributed by atoms with Crippen LogP contribution < -0.4 is 5.32 Å². The van der Waals surface area contributed by atoms with Gasteiger partial charge < -0.3 is 5.32 Å². The van der Waals surface area contributed by atoms with E-state index in [4.69, 9.17) is 9.97 Å². The number of aryl methyl sites for hydroxylation is 1. The van der Waals surface area contributed by atoms with Gasteiger partial charge in [0.1, 0.15) is 11.6 Å². The summed E-state index contributed by atoms with van der Waals surface area (Å²) in [6.07, 6.45) is 10.7. The minimum Gasteiger partial charge on any atom is -0.373 e. The third kappa shape index (κ3) is 2.25. The molecule has 0 saturated heterocycles. The highest BCUT2D eigenvalue weighted by molar-refractivity contribution is 5.37. The molecule has 1 aromatic rings. The summed E-state index contributed by atoms with van der Waals surface area (Å²) in [7, 11) is 1.97. The summed E-state index contributed by atoms with van der Waals surface area (Å²) in [5.74, 6) is 5.03. The average Bonchev–Trinajstić information content (AvgIpc) is 2.46. The fourth-order valence-corrected chi connectivity index (χ4v) is 5.63. The van der Waals surface area contributed by atoms with E-state index >= 15 is 0 Å². The molecule has 0 amide bonds. The molecule has 0 radical (unpaired) electrons. The first-order valence-corrected chi connectivity index (χ1v) is 8.77. The molecule has 0 aliphatic heterocycles. The molecule has 1 heterocycles. The van der Waals surface area contributed by atoms with Crippen molar-refractivity contribution in [3.05, 3.63) is 17.6 Å². The molecule has 3 nitrogen and oxygen atoms in total. The number of hydrogen-bond donors (Lipinski definition) is 1. The SMILES string of the molecule is CCCc1cc(NC)nc(C23CC4CC(CC(C4)C2)C3)n1. The lowest BCUT2D eigenvalue weighted by molar-refractivity contribution is -0.00942. The molecule has 1 aromatic heterocycles. The predicted molar refractivity (Wildman–Crippen MR) is 85.4 cm³/mol. The van der Waals surface area contributed by atoms with Crippen LogP contribution in [-0.2, 0) is 11.8 Å². The lowest BCUT2D eigenvalue weighted by Gasteiger charge is -2.56. The normalized spacial score (nSPS) is 37.0. The molecule has 114 valence electrons. The number of hydrogen-bond acceptors (Lipinski definition) is 3. The zero-order valence-corrected chi connectivity index (χ0v) is 13.4. The quantitative estimate of drug-likeness (QED) is 0.910. The fourth-order valence-electron chi connectivity index (χ4n) is 5.63. The maximum atomic E-state index is 5.01. The molecule has 0 atom stereocenters. The Bertz CT molecular complexity index is 502. The van der Waals surface area contributed by atoms with Crippen LogP contribution in [0.25, 0.3) is 0 Å². The molecule has 4 fully saturated rings. The largest absolute Gasteiger partial charge is 0.373 e. The lowest BCUT2D eigenvalue weighted by atomic mass is 9.49. The van der Waals surface area contributed by atoms with E-state index in [-0.39, 0.29) is 0 Å². The minimum atomic E-state index is 0.310. The van der Waals surface area contributed by atoms with Gasteiger partial charge in [0.15, 0.2) is 0 Å². The van der Waals surface area contributed by atoms with Gasteiger partial charge in [0.25, 0.3) is 0 Å². The van der Waals surface area contributed by atoms with Gasteiger partial charge in [-0.1, -0.05) is 13.3 Å². The zero-order valence-electron chi connectivity index (χ0n) is 13.4. The van der Waals surface area contributed by atoms with E-state index in [0.717, 1.165) is 42.2 Å². The highest BCUT2D eigenvalue weighted by Gasteiger charge is 2.53. The zero-order chi connectivity index (χ0) is 14.4. The highest BCUT2D eigenvalue weighted by Crippen LogP contribution is 2.60. The van der Waals surface area contributed by atoms with Gasteiger partial charge in [0.05, 0.1) is 0 Å². The molecule has 0 aromatic carbocycles. The van der Waals surface area contributed by atoms with E-state index in [0.29, 0.717) is 5.41 Å². The molecule has 1 N–H and O–H groups in total.